The molecule has 1 N–H and O–H groups in total. The monoisotopic (exact) mass is 420 g/mol. The quantitative estimate of drug-likeness (QED) is 0.739. The molecule has 156 valence electrons. The number of amides is 1. The van der Waals surface area contributed by atoms with E-state index in [0.29, 0.717) is 55.7 Å². The lowest BCUT2D eigenvalue weighted by Gasteiger charge is -2.26. The summed E-state index contributed by atoms with van der Waals surface area (Å²) < 4.78 is 42.9. The number of nitrogens with zero attached hydrogens (tertiary/aromatic N) is 1. The highest BCUT2D eigenvalue weighted by molar-refractivity contribution is 7.89. The predicted octanol–water partition coefficient (Wildman–Crippen LogP) is 2.37. The molecule has 1 saturated heterocycles. The first kappa shape index (κ1) is 21.1. The summed E-state index contributed by atoms with van der Waals surface area (Å²) in [6.45, 7) is 3.70. The third-order valence-electron chi connectivity index (χ3n) is 4.43. The van der Waals surface area contributed by atoms with E-state index in [4.69, 9.17) is 14.2 Å². The van der Waals surface area contributed by atoms with Gasteiger partial charge in [-0.2, -0.15) is 4.31 Å². The number of methoxy groups -OCH3 is 1. The van der Waals surface area contributed by atoms with Crippen molar-refractivity contribution in [2.75, 3.05) is 45.3 Å². The van der Waals surface area contributed by atoms with Crippen LogP contribution in [-0.4, -0.2) is 58.7 Å². The minimum Gasteiger partial charge on any atom is -0.493 e. The molecule has 0 radical (unpaired) electrons. The highest BCUT2D eigenvalue weighted by Gasteiger charge is 2.26. The van der Waals surface area contributed by atoms with Crippen LogP contribution in [0.3, 0.4) is 0 Å². The van der Waals surface area contributed by atoms with E-state index in [1.54, 1.807) is 30.3 Å². The van der Waals surface area contributed by atoms with Crippen LogP contribution >= 0.6 is 0 Å². The second-order valence-corrected chi connectivity index (χ2v) is 8.23. The fraction of sp³-hybridized carbons (Fsp3) is 0.350. The third-order valence-corrected chi connectivity index (χ3v) is 6.32. The maximum absolute atomic E-state index is 12.8. The average Bonchev–Trinajstić information content (AvgIpc) is 2.75. The molecular weight excluding hydrogens is 396 g/mol. The number of hydrogen-bond acceptors (Lipinski definition) is 6. The summed E-state index contributed by atoms with van der Waals surface area (Å²) in [5.41, 5.74) is 0.754. The van der Waals surface area contributed by atoms with Crippen molar-refractivity contribution in [3.8, 4) is 11.5 Å². The predicted molar refractivity (Wildman–Crippen MR) is 108 cm³/mol. The standard InChI is InChI=1S/C20H24N2O6S/c1-3-28-18-8-7-15(13-19(18)26-2)20(23)21-16-5-4-6-17(14-16)29(24,25)22-9-11-27-12-10-22/h4-8,13-14H,3,9-12H2,1-2H3,(H,21,23). The summed E-state index contributed by atoms with van der Waals surface area (Å²) in [5.74, 6) is 0.612. The van der Waals surface area contributed by atoms with Crippen molar-refractivity contribution in [2.45, 2.75) is 11.8 Å². The molecule has 3 rings (SSSR count). The van der Waals surface area contributed by atoms with Gasteiger partial charge in [0, 0.05) is 24.3 Å². The van der Waals surface area contributed by atoms with Crippen LogP contribution in [0, 0.1) is 0 Å². The van der Waals surface area contributed by atoms with Gasteiger partial charge in [0.25, 0.3) is 5.91 Å². The molecule has 1 aliphatic rings. The normalized spacial score (nSPS) is 15.0. The van der Waals surface area contributed by atoms with Crippen LogP contribution in [0.4, 0.5) is 5.69 Å². The highest BCUT2D eigenvalue weighted by Crippen LogP contribution is 2.28. The number of carbonyl (C=O) groups is 1. The number of morpholine rings is 1. The molecule has 0 aliphatic carbocycles. The van der Waals surface area contributed by atoms with Gasteiger partial charge in [-0.1, -0.05) is 6.07 Å². The summed E-state index contributed by atoms with van der Waals surface area (Å²) in [5, 5.41) is 2.73. The van der Waals surface area contributed by atoms with Crippen LogP contribution in [0.2, 0.25) is 0 Å². The lowest BCUT2D eigenvalue weighted by Crippen LogP contribution is -2.40. The molecular formula is C20H24N2O6S. The van der Waals surface area contributed by atoms with Crippen LogP contribution in [0.1, 0.15) is 17.3 Å². The molecule has 9 heteroatoms. The van der Waals surface area contributed by atoms with Crippen LogP contribution in [0.25, 0.3) is 0 Å². The van der Waals surface area contributed by atoms with E-state index >= 15 is 0 Å². The molecule has 1 heterocycles. The fourth-order valence-electron chi connectivity index (χ4n) is 2.96. The number of sulfonamides is 1. The topological polar surface area (TPSA) is 94.2 Å². The molecule has 0 aromatic heterocycles. The molecule has 1 aliphatic heterocycles. The van der Waals surface area contributed by atoms with Crippen molar-refractivity contribution in [2.24, 2.45) is 0 Å². The van der Waals surface area contributed by atoms with Crippen LogP contribution < -0.4 is 14.8 Å². The summed E-state index contributed by atoms with van der Waals surface area (Å²) in [6.07, 6.45) is 0. The molecule has 0 saturated carbocycles. The summed E-state index contributed by atoms with van der Waals surface area (Å²) >= 11 is 0. The first-order valence-electron chi connectivity index (χ1n) is 9.26. The number of ether oxygens (including phenoxy) is 3. The second kappa shape index (κ2) is 9.25. The third kappa shape index (κ3) is 4.87. The van der Waals surface area contributed by atoms with Crippen molar-refractivity contribution < 1.29 is 27.4 Å². The second-order valence-electron chi connectivity index (χ2n) is 6.30. The zero-order valence-electron chi connectivity index (χ0n) is 16.4. The average molecular weight is 420 g/mol. The van der Waals surface area contributed by atoms with E-state index < -0.39 is 10.0 Å². The Morgan fingerprint density at radius 3 is 2.59 bits per heavy atom. The largest absolute Gasteiger partial charge is 0.493 e. The SMILES string of the molecule is CCOc1ccc(C(=O)Nc2cccc(S(=O)(=O)N3CCOCC3)c2)cc1OC. The van der Waals surface area contributed by atoms with E-state index in [0.717, 1.165) is 0 Å². The Labute approximate surface area is 170 Å². The number of benzene rings is 2. The Morgan fingerprint density at radius 2 is 1.90 bits per heavy atom. The van der Waals surface area contributed by atoms with Crippen molar-refractivity contribution in [1.82, 2.24) is 4.31 Å². The first-order valence-corrected chi connectivity index (χ1v) is 10.7. The molecule has 0 bridgehead atoms. The van der Waals surface area contributed by atoms with Gasteiger partial charge in [-0.15, -0.1) is 0 Å². The molecule has 2 aromatic carbocycles. The Kier molecular flexibility index (Phi) is 6.73. The van der Waals surface area contributed by atoms with Crippen LogP contribution in [0.15, 0.2) is 47.4 Å². The Bertz CT molecular complexity index is 971. The molecule has 0 atom stereocenters. The molecule has 0 unspecified atom stereocenters. The summed E-state index contributed by atoms with van der Waals surface area (Å²) in [4.78, 5) is 12.8. The number of carbonyl (C=O) groups excluding carboxylic acids is 1. The van der Waals surface area contributed by atoms with Gasteiger partial charge >= 0.3 is 0 Å². The minimum absolute atomic E-state index is 0.126. The number of rotatable bonds is 7. The van der Waals surface area contributed by atoms with E-state index in [1.807, 2.05) is 6.92 Å². The Hall–Kier alpha value is -2.62. The van der Waals surface area contributed by atoms with E-state index in [9.17, 15) is 13.2 Å². The van der Waals surface area contributed by atoms with Gasteiger partial charge in [-0.05, 0) is 43.3 Å². The van der Waals surface area contributed by atoms with E-state index in [1.165, 1.54) is 23.5 Å². The maximum Gasteiger partial charge on any atom is 0.255 e. The van der Waals surface area contributed by atoms with Gasteiger partial charge in [0.05, 0.1) is 31.8 Å². The molecule has 0 spiro atoms. The molecule has 1 fully saturated rings. The van der Waals surface area contributed by atoms with Crippen molar-refractivity contribution in [1.29, 1.82) is 0 Å². The lowest BCUT2D eigenvalue weighted by molar-refractivity contribution is 0.0730. The van der Waals surface area contributed by atoms with E-state index in [2.05, 4.69) is 5.32 Å². The van der Waals surface area contributed by atoms with Gasteiger partial charge in [0.1, 0.15) is 0 Å². The summed E-state index contributed by atoms with van der Waals surface area (Å²) in [6, 6.07) is 11.1. The first-order chi connectivity index (χ1) is 14.0. The minimum atomic E-state index is -3.64. The van der Waals surface area contributed by atoms with Gasteiger partial charge in [-0.25, -0.2) is 8.42 Å². The number of anilines is 1. The number of hydrogen-bond donors (Lipinski definition) is 1. The van der Waals surface area contributed by atoms with Gasteiger partial charge < -0.3 is 19.5 Å². The number of nitrogens with one attached hydrogen (secondary N) is 1. The van der Waals surface area contributed by atoms with Crippen LogP contribution in [0.5, 0.6) is 11.5 Å². The molecule has 29 heavy (non-hydrogen) atoms. The summed E-state index contributed by atoms with van der Waals surface area (Å²) in [7, 11) is -2.14. The zero-order valence-corrected chi connectivity index (χ0v) is 17.2. The lowest BCUT2D eigenvalue weighted by atomic mass is 10.2. The Balaban J connectivity index is 1.79. The van der Waals surface area contributed by atoms with Gasteiger partial charge in [-0.3, -0.25) is 4.79 Å². The van der Waals surface area contributed by atoms with Gasteiger partial charge in [0.2, 0.25) is 10.0 Å². The van der Waals surface area contributed by atoms with Gasteiger partial charge in [0.15, 0.2) is 11.5 Å². The maximum atomic E-state index is 12.8. The van der Waals surface area contributed by atoms with Crippen molar-refractivity contribution >= 4 is 21.6 Å². The smallest absolute Gasteiger partial charge is 0.255 e. The van der Waals surface area contributed by atoms with Crippen molar-refractivity contribution in [3.05, 3.63) is 48.0 Å². The van der Waals surface area contributed by atoms with E-state index in [-0.39, 0.29) is 10.8 Å². The molecule has 2 aromatic rings. The zero-order chi connectivity index (χ0) is 20.9. The molecule has 8 nitrogen and oxygen atoms in total. The molecule has 1 amide bonds. The Morgan fingerprint density at radius 1 is 1.14 bits per heavy atom. The van der Waals surface area contributed by atoms with Crippen LogP contribution in [-0.2, 0) is 14.8 Å². The van der Waals surface area contributed by atoms with Crippen molar-refractivity contribution in [3.63, 3.8) is 0 Å². The fourth-order valence-corrected chi connectivity index (χ4v) is 4.41. The highest BCUT2D eigenvalue weighted by atomic mass is 32.2.